The van der Waals surface area contributed by atoms with Crippen molar-refractivity contribution < 1.29 is 9.53 Å². The lowest BCUT2D eigenvalue weighted by atomic mass is 10.2. The molecule has 0 N–H and O–H groups in total. The lowest BCUT2D eigenvalue weighted by molar-refractivity contribution is 0.0771. The van der Waals surface area contributed by atoms with E-state index in [0.717, 1.165) is 12.1 Å². The van der Waals surface area contributed by atoms with Crippen LogP contribution in [-0.4, -0.2) is 40.2 Å². The summed E-state index contributed by atoms with van der Waals surface area (Å²) in [5, 5.41) is 8.57. The number of aromatic nitrogens is 2. The second-order valence-electron chi connectivity index (χ2n) is 5.30. The number of hydrogen-bond donors (Lipinski definition) is 0. The third-order valence-electron chi connectivity index (χ3n) is 3.58. The first-order valence-electron chi connectivity index (χ1n) is 7.13. The van der Waals surface area contributed by atoms with E-state index in [-0.39, 0.29) is 12.0 Å². The van der Waals surface area contributed by atoms with Crippen molar-refractivity contribution in [1.29, 1.82) is 0 Å². The average Bonchev–Trinajstić information content (AvgIpc) is 2.98. The van der Waals surface area contributed by atoms with E-state index in [4.69, 9.17) is 16.3 Å². The van der Waals surface area contributed by atoms with Gasteiger partial charge in [0.25, 0.3) is 5.91 Å². The molecule has 0 spiro atoms. The highest BCUT2D eigenvalue weighted by atomic mass is 35.5. The SMILES string of the molecule is Cc1ccc(OC2CCN(C(=O)c3ccc(Cl)cc3)C2)nn1. The van der Waals surface area contributed by atoms with E-state index in [0.29, 0.717) is 29.6 Å². The van der Waals surface area contributed by atoms with Crippen LogP contribution in [0.1, 0.15) is 22.5 Å². The zero-order chi connectivity index (χ0) is 15.5. The second-order valence-corrected chi connectivity index (χ2v) is 5.74. The monoisotopic (exact) mass is 317 g/mol. The number of ether oxygens (including phenoxy) is 1. The summed E-state index contributed by atoms with van der Waals surface area (Å²) in [6, 6.07) is 10.6. The molecule has 1 aliphatic heterocycles. The van der Waals surface area contributed by atoms with Gasteiger partial charge in [-0.1, -0.05) is 11.6 Å². The van der Waals surface area contributed by atoms with Crippen LogP contribution in [0.2, 0.25) is 5.02 Å². The Morgan fingerprint density at radius 2 is 2.00 bits per heavy atom. The van der Waals surface area contributed by atoms with Gasteiger partial charge in [-0.15, -0.1) is 5.10 Å². The van der Waals surface area contributed by atoms with Crippen LogP contribution in [0.5, 0.6) is 5.88 Å². The van der Waals surface area contributed by atoms with Crippen LogP contribution in [0.3, 0.4) is 0 Å². The van der Waals surface area contributed by atoms with E-state index in [1.807, 2.05) is 13.0 Å². The molecule has 114 valence electrons. The Kier molecular flexibility index (Phi) is 4.24. The van der Waals surface area contributed by atoms with E-state index in [9.17, 15) is 4.79 Å². The van der Waals surface area contributed by atoms with E-state index in [1.165, 1.54) is 0 Å². The number of rotatable bonds is 3. The Hall–Kier alpha value is -2.14. The van der Waals surface area contributed by atoms with Crippen LogP contribution in [0.15, 0.2) is 36.4 Å². The Balaban J connectivity index is 1.61. The summed E-state index contributed by atoms with van der Waals surface area (Å²) < 4.78 is 5.78. The first kappa shape index (κ1) is 14.8. The number of hydrogen-bond acceptors (Lipinski definition) is 4. The third kappa shape index (κ3) is 3.36. The minimum Gasteiger partial charge on any atom is -0.471 e. The quantitative estimate of drug-likeness (QED) is 0.873. The molecule has 1 unspecified atom stereocenters. The van der Waals surface area contributed by atoms with Gasteiger partial charge < -0.3 is 9.64 Å². The molecule has 1 aromatic carbocycles. The molecule has 0 radical (unpaired) electrons. The maximum atomic E-state index is 12.4. The molecule has 1 aliphatic rings. The first-order valence-corrected chi connectivity index (χ1v) is 7.51. The Labute approximate surface area is 133 Å². The van der Waals surface area contributed by atoms with E-state index >= 15 is 0 Å². The van der Waals surface area contributed by atoms with Gasteiger partial charge in [0.05, 0.1) is 12.2 Å². The van der Waals surface area contributed by atoms with Gasteiger partial charge >= 0.3 is 0 Å². The van der Waals surface area contributed by atoms with Gasteiger partial charge in [-0.05, 0) is 37.3 Å². The summed E-state index contributed by atoms with van der Waals surface area (Å²) in [5.41, 5.74) is 1.48. The molecule has 0 aliphatic carbocycles. The smallest absolute Gasteiger partial charge is 0.253 e. The van der Waals surface area contributed by atoms with E-state index in [1.54, 1.807) is 35.2 Å². The average molecular weight is 318 g/mol. The van der Waals surface area contributed by atoms with Gasteiger partial charge in [-0.3, -0.25) is 4.79 Å². The van der Waals surface area contributed by atoms with Crippen LogP contribution < -0.4 is 4.74 Å². The fourth-order valence-electron chi connectivity index (χ4n) is 2.40. The molecule has 5 nitrogen and oxygen atoms in total. The maximum absolute atomic E-state index is 12.4. The zero-order valence-corrected chi connectivity index (χ0v) is 13.0. The van der Waals surface area contributed by atoms with Crippen molar-refractivity contribution in [2.45, 2.75) is 19.4 Å². The lowest BCUT2D eigenvalue weighted by Gasteiger charge is -2.17. The molecule has 1 atom stereocenters. The first-order chi connectivity index (χ1) is 10.6. The minimum absolute atomic E-state index is 0.00208. The molecule has 2 aromatic rings. The Bertz CT molecular complexity index is 658. The number of aryl methyl sites for hydroxylation is 1. The lowest BCUT2D eigenvalue weighted by Crippen LogP contribution is -2.31. The van der Waals surface area contributed by atoms with Crippen molar-refractivity contribution in [2.24, 2.45) is 0 Å². The molecular formula is C16H16ClN3O2. The van der Waals surface area contributed by atoms with Gasteiger partial charge in [0.2, 0.25) is 5.88 Å². The van der Waals surface area contributed by atoms with Crippen LogP contribution in [-0.2, 0) is 0 Å². The van der Waals surface area contributed by atoms with Crippen molar-refractivity contribution in [3.8, 4) is 5.88 Å². The molecule has 6 heteroatoms. The van der Waals surface area contributed by atoms with Crippen LogP contribution in [0, 0.1) is 6.92 Å². The van der Waals surface area contributed by atoms with Crippen molar-refractivity contribution >= 4 is 17.5 Å². The number of amides is 1. The normalized spacial score (nSPS) is 17.5. The van der Waals surface area contributed by atoms with Gasteiger partial charge in [0, 0.05) is 29.6 Å². The topological polar surface area (TPSA) is 55.3 Å². The largest absolute Gasteiger partial charge is 0.471 e. The number of carbonyl (C=O) groups excluding carboxylic acids is 1. The molecule has 0 bridgehead atoms. The molecule has 1 aromatic heterocycles. The maximum Gasteiger partial charge on any atom is 0.253 e. The van der Waals surface area contributed by atoms with Crippen molar-refractivity contribution in [2.75, 3.05) is 13.1 Å². The van der Waals surface area contributed by atoms with Crippen LogP contribution >= 0.6 is 11.6 Å². The predicted octanol–water partition coefficient (Wildman–Crippen LogP) is 2.73. The van der Waals surface area contributed by atoms with Gasteiger partial charge in [0.1, 0.15) is 6.10 Å². The summed E-state index contributed by atoms with van der Waals surface area (Å²) in [5.74, 6) is 0.495. The van der Waals surface area contributed by atoms with Crippen molar-refractivity contribution in [1.82, 2.24) is 15.1 Å². The van der Waals surface area contributed by atoms with Crippen molar-refractivity contribution in [3.05, 3.63) is 52.7 Å². The molecule has 1 amide bonds. The highest BCUT2D eigenvalue weighted by Gasteiger charge is 2.28. The third-order valence-corrected chi connectivity index (χ3v) is 3.84. The molecule has 0 saturated carbocycles. The van der Waals surface area contributed by atoms with Gasteiger partial charge in [-0.25, -0.2) is 0 Å². The van der Waals surface area contributed by atoms with Crippen molar-refractivity contribution in [3.63, 3.8) is 0 Å². The molecule has 3 rings (SSSR count). The summed E-state index contributed by atoms with van der Waals surface area (Å²) in [6.07, 6.45) is 0.739. The Morgan fingerprint density at radius 3 is 2.68 bits per heavy atom. The standard InChI is InChI=1S/C16H16ClN3O2/c1-11-2-7-15(19-18-11)22-14-8-9-20(10-14)16(21)12-3-5-13(17)6-4-12/h2-7,14H,8-10H2,1H3. The van der Waals surface area contributed by atoms with Crippen LogP contribution in [0.25, 0.3) is 0 Å². The zero-order valence-electron chi connectivity index (χ0n) is 12.2. The van der Waals surface area contributed by atoms with Gasteiger partial charge in [-0.2, -0.15) is 5.10 Å². The number of nitrogens with zero attached hydrogens (tertiary/aromatic N) is 3. The molecule has 22 heavy (non-hydrogen) atoms. The summed E-state index contributed by atoms with van der Waals surface area (Å²) >= 11 is 5.84. The van der Waals surface area contributed by atoms with E-state index in [2.05, 4.69) is 10.2 Å². The number of carbonyl (C=O) groups is 1. The predicted molar refractivity (Wildman–Crippen MR) is 83.2 cm³/mol. The summed E-state index contributed by atoms with van der Waals surface area (Å²) in [6.45, 7) is 3.10. The minimum atomic E-state index is -0.0479. The van der Waals surface area contributed by atoms with E-state index < -0.39 is 0 Å². The summed E-state index contributed by atoms with van der Waals surface area (Å²) in [7, 11) is 0. The molecule has 1 fully saturated rings. The Morgan fingerprint density at radius 1 is 1.23 bits per heavy atom. The van der Waals surface area contributed by atoms with Gasteiger partial charge in [0.15, 0.2) is 0 Å². The fraction of sp³-hybridized carbons (Fsp3) is 0.312. The molecule has 2 heterocycles. The number of likely N-dealkylation sites (tertiary alicyclic amines) is 1. The number of benzene rings is 1. The fourth-order valence-corrected chi connectivity index (χ4v) is 2.53. The van der Waals surface area contributed by atoms with Crippen LogP contribution in [0.4, 0.5) is 0 Å². The summed E-state index contributed by atoms with van der Waals surface area (Å²) in [4.78, 5) is 14.2. The highest BCUT2D eigenvalue weighted by Crippen LogP contribution is 2.19. The number of halogens is 1. The highest BCUT2D eigenvalue weighted by molar-refractivity contribution is 6.30. The molecular weight excluding hydrogens is 302 g/mol. The second kappa shape index (κ2) is 6.32. The molecule has 1 saturated heterocycles.